The Bertz CT molecular complexity index is 311. The Morgan fingerprint density at radius 1 is 1.54 bits per heavy atom. The molecule has 1 heterocycles. The number of aryl methyl sites for hydroxylation is 1. The summed E-state index contributed by atoms with van der Waals surface area (Å²) in [7, 11) is 0. The topological polar surface area (TPSA) is 30.0 Å². The SMILES string of the molecule is C#CCC(=O)CCc1ccccn1. The first-order chi connectivity index (χ1) is 6.33. The predicted molar refractivity (Wildman–Crippen MR) is 51.0 cm³/mol. The predicted octanol–water partition coefficient (Wildman–Crippen LogP) is 1.61. The van der Waals surface area contributed by atoms with Crippen LogP contribution in [0, 0.1) is 12.3 Å². The molecule has 0 radical (unpaired) electrons. The molecule has 0 aromatic carbocycles. The summed E-state index contributed by atoms with van der Waals surface area (Å²) in [5.74, 6) is 2.44. The maximum atomic E-state index is 11.0. The minimum atomic E-state index is 0.105. The lowest BCUT2D eigenvalue weighted by atomic mass is 10.1. The van der Waals surface area contributed by atoms with Crippen LogP contribution in [0.5, 0.6) is 0 Å². The Kier molecular flexibility index (Phi) is 3.72. The summed E-state index contributed by atoms with van der Waals surface area (Å²) in [4.78, 5) is 15.2. The van der Waals surface area contributed by atoms with Crippen LogP contribution in [-0.2, 0) is 11.2 Å². The van der Waals surface area contributed by atoms with Gasteiger partial charge in [0.25, 0.3) is 0 Å². The molecule has 2 heteroatoms. The van der Waals surface area contributed by atoms with Crippen molar-refractivity contribution >= 4 is 5.78 Å². The molecule has 0 aliphatic carbocycles. The maximum Gasteiger partial charge on any atom is 0.145 e. The summed E-state index contributed by atoms with van der Waals surface area (Å²) < 4.78 is 0. The highest BCUT2D eigenvalue weighted by Crippen LogP contribution is 2.00. The zero-order chi connectivity index (χ0) is 9.52. The van der Waals surface area contributed by atoms with E-state index >= 15 is 0 Å². The molecule has 0 spiro atoms. The summed E-state index contributed by atoms with van der Waals surface area (Å²) in [6.07, 6.45) is 8.13. The number of aromatic nitrogens is 1. The van der Waals surface area contributed by atoms with E-state index < -0.39 is 0 Å². The van der Waals surface area contributed by atoms with Crippen molar-refractivity contribution in [1.29, 1.82) is 0 Å². The molecule has 0 aliphatic rings. The fraction of sp³-hybridized carbons (Fsp3) is 0.273. The number of hydrogen-bond acceptors (Lipinski definition) is 2. The third-order valence-electron chi connectivity index (χ3n) is 1.69. The standard InChI is InChI=1S/C11H11NO/c1-2-5-11(13)8-7-10-6-3-4-9-12-10/h1,3-4,6,9H,5,7-8H2. The van der Waals surface area contributed by atoms with Crippen molar-refractivity contribution in [1.82, 2.24) is 4.98 Å². The van der Waals surface area contributed by atoms with Gasteiger partial charge in [0.15, 0.2) is 0 Å². The lowest BCUT2D eigenvalue weighted by Crippen LogP contribution is -1.99. The normalized spacial score (nSPS) is 9.15. The molecule has 0 saturated heterocycles. The first-order valence-corrected chi connectivity index (χ1v) is 4.18. The van der Waals surface area contributed by atoms with Crippen LogP contribution in [0.3, 0.4) is 0 Å². The van der Waals surface area contributed by atoms with Gasteiger partial charge in [-0.3, -0.25) is 9.78 Å². The van der Waals surface area contributed by atoms with E-state index in [2.05, 4.69) is 10.9 Å². The van der Waals surface area contributed by atoms with Gasteiger partial charge in [0.2, 0.25) is 0 Å². The van der Waals surface area contributed by atoms with Gasteiger partial charge in [-0.25, -0.2) is 0 Å². The van der Waals surface area contributed by atoms with Gasteiger partial charge in [-0.15, -0.1) is 6.42 Å². The summed E-state index contributed by atoms with van der Waals surface area (Å²) >= 11 is 0. The molecule has 13 heavy (non-hydrogen) atoms. The molecule has 0 unspecified atom stereocenters. The fourth-order valence-corrected chi connectivity index (χ4v) is 1.02. The Balaban J connectivity index is 2.36. The van der Waals surface area contributed by atoms with Gasteiger partial charge in [-0.1, -0.05) is 12.0 Å². The number of Topliss-reactive ketones (excluding diaryl/α,β-unsaturated/α-hetero) is 1. The van der Waals surface area contributed by atoms with E-state index in [9.17, 15) is 4.79 Å². The average Bonchev–Trinajstić information content (AvgIpc) is 2.17. The molecule has 0 saturated carbocycles. The molecule has 0 atom stereocenters. The lowest BCUT2D eigenvalue weighted by Gasteiger charge is -1.96. The van der Waals surface area contributed by atoms with Crippen molar-refractivity contribution in [3.63, 3.8) is 0 Å². The van der Waals surface area contributed by atoms with Gasteiger partial charge in [-0.2, -0.15) is 0 Å². The summed E-state index contributed by atoms with van der Waals surface area (Å²) in [5, 5.41) is 0. The van der Waals surface area contributed by atoms with Gasteiger partial charge in [0, 0.05) is 18.3 Å². The van der Waals surface area contributed by atoms with Crippen molar-refractivity contribution in [2.24, 2.45) is 0 Å². The summed E-state index contributed by atoms with van der Waals surface area (Å²) in [6.45, 7) is 0. The number of pyridine rings is 1. The second-order valence-corrected chi connectivity index (χ2v) is 2.74. The highest BCUT2D eigenvalue weighted by atomic mass is 16.1. The van der Waals surface area contributed by atoms with E-state index in [4.69, 9.17) is 6.42 Å². The number of hydrogen-bond donors (Lipinski definition) is 0. The molecule has 66 valence electrons. The second kappa shape index (κ2) is 5.10. The first kappa shape index (κ1) is 9.47. The average molecular weight is 173 g/mol. The van der Waals surface area contributed by atoms with Crippen LogP contribution in [-0.4, -0.2) is 10.8 Å². The number of nitrogens with zero attached hydrogens (tertiary/aromatic N) is 1. The molecule has 2 nitrogen and oxygen atoms in total. The molecular formula is C11H11NO. The number of rotatable bonds is 4. The number of terminal acetylenes is 1. The Labute approximate surface area is 78.0 Å². The molecule has 0 N–H and O–H groups in total. The largest absolute Gasteiger partial charge is 0.299 e. The van der Waals surface area contributed by atoms with Gasteiger partial charge >= 0.3 is 0 Å². The summed E-state index contributed by atoms with van der Waals surface area (Å²) in [5.41, 5.74) is 0.938. The molecule has 1 aromatic rings. The Hall–Kier alpha value is -1.62. The smallest absolute Gasteiger partial charge is 0.145 e. The van der Waals surface area contributed by atoms with Crippen LogP contribution in [0.25, 0.3) is 0 Å². The van der Waals surface area contributed by atoms with Crippen LogP contribution < -0.4 is 0 Å². The van der Waals surface area contributed by atoms with Gasteiger partial charge < -0.3 is 0 Å². The van der Waals surface area contributed by atoms with E-state index in [0.29, 0.717) is 12.8 Å². The van der Waals surface area contributed by atoms with Crippen LogP contribution in [0.2, 0.25) is 0 Å². The van der Waals surface area contributed by atoms with E-state index in [1.54, 1.807) is 6.20 Å². The van der Waals surface area contributed by atoms with E-state index in [-0.39, 0.29) is 12.2 Å². The third kappa shape index (κ3) is 3.53. The van der Waals surface area contributed by atoms with Gasteiger partial charge in [0.1, 0.15) is 5.78 Å². The van der Waals surface area contributed by atoms with Crippen molar-refractivity contribution < 1.29 is 4.79 Å². The number of carbonyl (C=O) groups excluding carboxylic acids is 1. The third-order valence-corrected chi connectivity index (χ3v) is 1.69. The van der Waals surface area contributed by atoms with Crippen LogP contribution >= 0.6 is 0 Å². The van der Waals surface area contributed by atoms with Crippen LogP contribution in [0.15, 0.2) is 24.4 Å². The Morgan fingerprint density at radius 3 is 3.00 bits per heavy atom. The molecule has 1 aromatic heterocycles. The van der Waals surface area contributed by atoms with Crippen molar-refractivity contribution in [3.05, 3.63) is 30.1 Å². The second-order valence-electron chi connectivity index (χ2n) is 2.74. The maximum absolute atomic E-state index is 11.0. The monoisotopic (exact) mass is 173 g/mol. The first-order valence-electron chi connectivity index (χ1n) is 4.18. The van der Waals surface area contributed by atoms with E-state index in [0.717, 1.165) is 5.69 Å². The highest BCUT2D eigenvalue weighted by Gasteiger charge is 2.00. The molecule has 0 aliphatic heterocycles. The van der Waals surface area contributed by atoms with Crippen LogP contribution in [0.1, 0.15) is 18.5 Å². The number of carbonyl (C=O) groups is 1. The minimum absolute atomic E-state index is 0.105. The zero-order valence-electron chi connectivity index (χ0n) is 7.36. The van der Waals surface area contributed by atoms with Gasteiger partial charge in [0.05, 0.1) is 6.42 Å². The van der Waals surface area contributed by atoms with Crippen molar-refractivity contribution in [3.8, 4) is 12.3 Å². The lowest BCUT2D eigenvalue weighted by molar-refractivity contribution is -0.118. The quantitative estimate of drug-likeness (QED) is 0.647. The molecule has 1 rings (SSSR count). The molecule has 0 amide bonds. The highest BCUT2D eigenvalue weighted by molar-refractivity contribution is 5.80. The number of ketones is 1. The zero-order valence-corrected chi connectivity index (χ0v) is 7.36. The fourth-order valence-electron chi connectivity index (χ4n) is 1.02. The van der Waals surface area contributed by atoms with Crippen LogP contribution in [0.4, 0.5) is 0 Å². The molecule has 0 bridgehead atoms. The molecule has 0 fully saturated rings. The minimum Gasteiger partial charge on any atom is -0.299 e. The van der Waals surface area contributed by atoms with Crippen molar-refractivity contribution in [2.45, 2.75) is 19.3 Å². The molecular weight excluding hydrogens is 162 g/mol. The van der Waals surface area contributed by atoms with Crippen molar-refractivity contribution in [2.75, 3.05) is 0 Å². The van der Waals surface area contributed by atoms with Gasteiger partial charge in [-0.05, 0) is 18.6 Å². The van der Waals surface area contributed by atoms with E-state index in [1.165, 1.54) is 0 Å². The summed E-state index contributed by atoms with van der Waals surface area (Å²) in [6, 6.07) is 5.67. The van der Waals surface area contributed by atoms with E-state index in [1.807, 2.05) is 18.2 Å². The Morgan fingerprint density at radius 2 is 2.38 bits per heavy atom.